The summed E-state index contributed by atoms with van der Waals surface area (Å²) in [4.78, 5) is 38.3. The van der Waals surface area contributed by atoms with Crippen LogP contribution in [0.2, 0.25) is 0 Å². The van der Waals surface area contributed by atoms with Crippen molar-refractivity contribution >= 4 is 11.7 Å². The first-order valence-corrected chi connectivity index (χ1v) is 16.0. The van der Waals surface area contributed by atoms with Crippen LogP contribution in [0.3, 0.4) is 0 Å². The number of ketones is 1. The number of likely N-dealkylation sites (N-methyl/N-ethyl adjacent to an activating group) is 1. The molecular formula is C31H45FN6O3. The Kier molecular flexibility index (Phi) is 7.66. The zero-order chi connectivity index (χ0) is 28.1. The molecule has 1 amide bonds. The third-order valence-electron chi connectivity index (χ3n) is 11.0. The second kappa shape index (κ2) is 11.4. The molecule has 224 valence electrons. The molecule has 3 aliphatic carbocycles. The van der Waals surface area contributed by atoms with Gasteiger partial charge in [-0.2, -0.15) is 0 Å². The molecule has 2 saturated heterocycles. The van der Waals surface area contributed by atoms with Gasteiger partial charge in [0.05, 0.1) is 42.2 Å². The molecule has 3 aliphatic heterocycles. The number of imidazole rings is 1. The molecule has 0 bridgehead atoms. The number of amides is 1. The Balaban J connectivity index is 1.18. The van der Waals surface area contributed by atoms with E-state index < -0.39 is 24.2 Å². The first-order valence-electron chi connectivity index (χ1n) is 16.0. The van der Waals surface area contributed by atoms with Crippen LogP contribution in [0.1, 0.15) is 51.4 Å². The summed E-state index contributed by atoms with van der Waals surface area (Å²) in [5.41, 5.74) is 0.270. The Morgan fingerprint density at radius 1 is 1.12 bits per heavy atom. The van der Waals surface area contributed by atoms with Crippen molar-refractivity contribution in [2.75, 3.05) is 39.8 Å². The summed E-state index contributed by atoms with van der Waals surface area (Å²) in [6.07, 6.45) is 13.8. The number of rotatable bonds is 6. The average molecular weight is 569 g/mol. The maximum atomic E-state index is 16.1. The van der Waals surface area contributed by atoms with Crippen LogP contribution in [0.15, 0.2) is 30.5 Å². The number of hydrogen-bond donors (Lipinski definition) is 1. The third-order valence-corrected chi connectivity index (χ3v) is 11.0. The number of carbonyl (C=O) groups is 2. The summed E-state index contributed by atoms with van der Waals surface area (Å²) in [5, 5.41) is 3.51. The normalized spacial score (nSPS) is 39.0. The fraction of sp³-hybridized carbons (Fsp3) is 0.774. The summed E-state index contributed by atoms with van der Waals surface area (Å²) in [6, 6.07) is -0.548. The fourth-order valence-electron chi connectivity index (χ4n) is 8.93. The van der Waals surface area contributed by atoms with Crippen molar-refractivity contribution in [3.05, 3.63) is 30.5 Å². The topological polar surface area (TPSA) is 82.9 Å². The lowest BCUT2D eigenvalue weighted by Crippen LogP contribution is -2.74. The minimum Gasteiger partial charge on any atom is -0.369 e. The lowest BCUT2D eigenvalue weighted by atomic mass is 9.63. The molecule has 0 spiro atoms. The number of ether oxygens (including phenoxy) is 1. The van der Waals surface area contributed by atoms with E-state index in [4.69, 9.17) is 4.74 Å². The lowest BCUT2D eigenvalue weighted by molar-refractivity contribution is -0.215. The number of halogens is 1. The van der Waals surface area contributed by atoms with Crippen molar-refractivity contribution in [3.63, 3.8) is 0 Å². The highest BCUT2D eigenvalue weighted by atomic mass is 19.1. The second-order valence-electron chi connectivity index (χ2n) is 13.3. The van der Waals surface area contributed by atoms with Gasteiger partial charge in [0.15, 0.2) is 5.78 Å². The Bertz CT molecular complexity index is 1140. The molecule has 41 heavy (non-hydrogen) atoms. The van der Waals surface area contributed by atoms with E-state index in [9.17, 15) is 9.59 Å². The van der Waals surface area contributed by atoms with Gasteiger partial charge in [0.1, 0.15) is 6.17 Å². The van der Waals surface area contributed by atoms with Gasteiger partial charge in [0.25, 0.3) is 5.91 Å². The maximum Gasteiger partial charge on any atom is 0.259 e. The van der Waals surface area contributed by atoms with E-state index in [1.807, 2.05) is 21.9 Å². The largest absolute Gasteiger partial charge is 0.369 e. The standard InChI is InChI=1S/C31H45FN6O3/c1-35-13-15-37(16-14-35)31(40)23-18-38-27-21-6-3-2-5-20(21)7-8-25(27)41-30-26(24(32)17-22(28(30)38)29(23)39)34-9-4-11-36-12-10-33-19-36/h10,12,18-22,24-28,30,34H,2-9,11,13-17H2,1H3. The number of carbonyl (C=O) groups excluding carboxylic acids is 2. The van der Waals surface area contributed by atoms with Crippen molar-refractivity contribution in [3.8, 4) is 0 Å². The molecule has 10 heteroatoms. The maximum absolute atomic E-state index is 16.1. The molecule has 0 aromatic carbocycles. The smallest absolute Gasteiger partial charge is 0.259 e. The van der Waals surface area contributed by atoms with E-state index in [-0.39, 0.29) is 41.9 Å². The molecular weight excluding hydrogens is 523 g/mol. The molecule has 9 atom stereocenters. The molecule has 0 radical (unpaired) electrons. The highest BCUT2D eigenvalue weighted by molar-refractivity contribution is 6.20. The van der Waals surface area contributed by atoms with E-state index in [1.54, 1.807) is 12.5 Å². The zero-order valence-electron chi connectivity index (χ0n) is 24.2. The van der Waals surface area contributed by atoms with Gasteiger partial charge in [0, 0.05) is 57.2 Å². The molecule has 9 nitrogen and oxygen atoms in total. The molecule has 7 rings (SSSR count). The number of aryl methyl sites for hydroxylation is 1. The predicted octanol–water partition coefficient (Wildman–Crippen LogP) is 2.24. The Labute approximate surface area is 242 Å². The van der Waals surface area contributed by atoms with Crippen LogP contribution in [0.4, 0.5) is 4.39 Å². The number of nitrogens with zero attached hydrogens (tertiary/aromatic N) is 5. The molecule has 6 aliphatic rings. The van der Waals surface area contributed by atoms with E-state index in [1.165, 1.54) is 25.7 Å². The molecule has 3 saturated carbocycles. The Morgan fingerprint density at radius 2 is 1.95 bits per heavy atom. The van der Waals surface area contributed by atoms with E-state index in [2.05, 4.69) is 27.1 Å². The average Bonchev–Trinajstić information content (AvgIpc) is 3.51. The zero-order valence-corrected chi connectivity index (χ0v) is 24.2. The number of nitrogens with one attached hydrogen (secondary N) is 1. The van der Waals surface area contributed by atoms with Crippen LogP contribution in [-0.4, -0.2) is 112 Å². The number of morpholine rings is 1. The van der Waals surface area contributed by atoms with Gasteiger partial charge in [-0.1, -0.05) is 19.3 Å². The van der Waals surface area contributed by atoms with Gasteiger partial charge in [0.2, 0.25) is 0 Å². The Hall–Kier alpha value is -2.30. The van der Waals surface area contributed by atoms with Gasteiger partial charge in [-0.25, -0.2) is 9.37 Å². The quantitative estimate of drug-likeness (QED) is 0.416. The molecule has 5 fully saturated rings. The van der Waals surface area contributed by atoms with Crippen LogP contribution >= 0.6 is 0 Å². The van der Waals surface area contributed by atoms with Gasteiger partial charge in [-0.05, 0) is 57.5 Å². The third kappa shape index (κ3) is 5.03. The predicted molar refractivity (Wildman–Crippen MR) is 152 cm³/mol. The van der Waals surface area contributed by atoms with Crippen molar-refractivity contribution < 1.29 is 18.7 Å². The molecule has 9 unspecified atom stereocenters. The highest BCUT2D eigenvalue weighted by Crippen LogP contribution is 2.51. The van der Waals surface area contributed by atoms with Crippen LogP contribution in [0, 0.1) is 17.8 Å². The number of hydrogen-bond acceptors (Lipinski definition) is 7. The molecule has 1 N–H and O–H groups in total. The molecule has 4 heterocycles. The van der Waals surface area contributed by atoms with Gasteiger partial charge >= 0.3 is 0 Å². The Morgan fingerprint density at radius 3 is 2.76 bits per heavy atom. The van der Waals surface area contributed by atoms with E-state index in [0.29, 0.717) is 31.5 Å². The van der Waals surface area contributed by atoms with Gasteiger partial charge < -0.3 is 29.3 Å². The van der Waals surface area contributed by atoms with Gasteiger partial charge in [-0.15, -0.1) is 0 Å². The van der Waals surface area contributed by atoms with Gasteiger partial charge in [-0.3, -0.25) is 9.59 Å². The van der Waals surface area contributed by atoms with E-state index >= 15 is 4.39 Å². The monoisotopic (exact) mass is 568 g/mol. The summed E-state index contributed by atoms with van der Waals surface area (Å²) in [7, 11) is 2.06. The number of alkyl halides is 1. The number of fused-ring (bicyclic) bond motifs is 4. The summed E-state index contributed by atoms with van der Waals surface area (Å²) in [5.74, 6) is 0.256. The summed E-state index contributed by atoms with van der Waals surface area (Å²) in [6.45, 7) is 4.31. The summed E-state index contributed by atoms with van der Waals surface area (Å²) < 4.78 is 25.0. The SMILES string of the molecule is CN1CCN(C(=O)C2=CN3C4C(CCC5CCCCC54)OC4C(NCCCn5ccnc5)C(F)CC(C2=O)C43)CC1. The van der Waals surface area contributed by atoms with Crippen LogP contribution in [0.25, 0.3) is 0 Å². The van der Waals surface area contributed by atoms with Crippen molar-refractivity contribution in [2.24, 2.45) is 17.8 Å². The minimum atomic E-state index is -1.21. The first kappa shape index (κ1) is 27.5. The molecule has 1 aromatic rings. The second-order valence-corrected chi connectivity index (χ2v) is 13.3. The number of Topliss-reactive ketones (excluding diaryl/α,β-unsaturated/α-hetero) is 1. The van der Waals surface area contributed by atoms with E-state index in [0.717, 1.165) is 38.9 Å². The van der Waals surface area contributed by atoms with Crippen molar-refractivity contribution in [2.45, 2.75) is 94.4 Å². The van der Waals surface area contributed by atoms with Crippen molar-refractivity contribution in [1.82, 2.24) is 29.6 Å². The molecule has 1 aromatic heterocycles. The number of aromatic nitrogens is 2. The lowest BCUT2D eigenvalue weighted by Gasteiger charge is -2.62. The minimum absolute atomic E-state index is 0.00115. The fourth-order valence-corrected chi connectivity index (χ4v) is 8.93. The van der Waals surface area contributed by atoms with Crippen LogP contribution in [0.5, 0.6) is 0 Å². The van der Waals surface area contributed by atoms with Crippen LogP contribution < -0.4 is 5.32 Å². The summed E-state index contributed by atoms with van der Waals surface area (Å²) >= 11 is 0. The van der Waals surface area contributed by atoms with Crippen LogP contribution in [-0.2, 0) is 20.9 Å². The van der Waals surface area contributed by atoms with Crippen molar-refractivity contribution in [1.29, 1.82) is 0 Å². The highest BCUT2D eigenvalue weighted by Gasteiger charge is 2.60. The number of piperazine rings is 1. The first-order chi connectivity index (χ1) is 20.0.